The highest BCUT2D eigenvalue weighted by Crippen LogP contribution is 2.29. The molecule has 10 heteroatoms. The van der Waals surface area contributed by atoms with Crippen molar-refractivity contribution in [1.29, 1.82) is 0 Å². The predicted molar refractivity (Wildman–Crippen MR) is 101 cm³/mol. The standard InChI is InChI=1S/C17H18Cl2N2O5S/c18-14-8-15(19)16(27(23,24)21-10-12-4-2-6-26-12)7-13(14)17(22)20-9-11-3-1-5-25-11/h2,4,6-8,11,21H,1,3,5,9-10H2,(H,20,22)/t11-/m0/s1. The van der Waals surface area contributed by atoms with Crippen molar-refractivity contribution in [2.24, 2.45) is 0 Å². The monoisotopic (exact) mass is 432 g/mol. The Balaban J connectivity index is 1.76. The molecule has 3 rings (SSSR count). The summed E-state index contributed by atoms with van der Waals surface area (Å²) in [6.07, 6.45) is 3.21. The summed E-state index contributed by atoms with van der Waals surface area (Å²) in [6.45, 7) is 0.956. The van der Waals surface area contributed by atoms with Crippen molar-refractivity contribution in [3.8, 4) is 0 Å². The van der Waals surface area contributed by atoms with E-state index in [1.165, 1.54) is 18.4 Å². The second kappa shape index (κ2) is 8.62. The van der Waals surface area contributed by atoms with E-state index in [1.807, 2.05) is 0 Å². The first kappa shape index (κ1) is 20.2. The Morgan fingerprint density at radius 3 is 2.74 bits per heavy atom. The van der Waals surface area contributed by atoms with Gasteiger partial charge < -0.3 is 14.5 Å². The fraction of sp³-hybridized carbons (Fsp3) is 0.353. The van der Waals surface area contributed by atoms with E-state index in [-0.39, 0.29) is 33.2 Å². The van der Waals surface area contributed by atoms with Crippen LogP contribution in [0.25, 0.3) is 0 Å². The first-order chi connectivity index (χ1) is 12.9. The van der Waals surface area contributed by atoms with E-state index in [1.54, 1.807) is 12.1 Å². The van der Waals surface area contributed by atoms with Crippen molar-refractivity contribution in [2.45, 2.75) is 30.4 Å². The first-order valence-electron chi connectivity index (χ1n) is 8.28. The zero-order valence-electron chi connectivity index (χ0n) is 14.2. The Bertz CT molecular complexity index is 910. The summed E-state index contributed by atoms with van der Waals surface area (Å²) in [5.41, 5.74) is 0.0254. The van der Waals surface area contributed by atoms with Gasteiger partial charge in [-0.15, -0.1) is 0 Å². The molecule has 1 aromatic heterocycles. The van der Waals surface area contributed by atoms with Gasteiger partial charge in [0.2, 0.25) is 10.0 Å². The normalized spacial score (nSPS) is 17.2. The SMILES string of the molecule is O=C(NC[C@@H]1CCCO1)c1cc(S(=O)(=O)NCc2ccco2)c(Cl)cc1Cl. The third-order valence-electron chi connectivity index (χ3n) is 4.09. The molecule has 7 nitrogen and oxygen atoms in total. The molecule has 2 N–H and O–H groups in total. The lowest BCUT2D eigenvalue weighted by molar-refractivity contribution is 0.0857. The van der Waals surface area contributed by atoms with Gasteiger partial charge in [0, 0.05) is 13.2 Å². The molecule has 146 valence electrons. The summed E-state index contributed by atoms with van der Waals surface area (Å²) < 4.78 is 38.1. The molecular weight excluding hydrogens is 415 g/mol. The minimum Gasteiger partial charge on any atom is -0.468 e. The predicted octanol–water partition coefficient (Wildman–Crippen LogP) is 2.97. The smallest absolute Gasteiger partial charge is 0.252 e. The number of furan rings is 1. The van der Waals surface area contributed by atoms with Gasteiger partial charge >= 0.3 is 0 Å². The number of nitrogens with one attached hydrogen (secondary N) is 2. The molecule has 0 radical (unpaired) electrons. The van der Waals surface area contributed by atoms with Gasteiger partial charge in [-0.3, -0.25) is 4.79 Å². The zero-order valence-corrected chi connectivity index (χ0v) is 16.5. The Morgan fingerprint density at radius 2 is 2.07 bits per heavy atom. The number of sulfonamides is 1. The number of amides is 1. The second-order valence-corrected chi connectivity index (χ2v) is 8.56. The number of hydrogen-bond acceptors (Lipinski definition) is 5. The summed E-state index contributed by atoms with van der Waals surface area (Å²) >= 11 is 12.1. The van der Waals surface area contributed by atoms with Crippen LogP contribution in [0.15, 0.2) is 39.8 Å². The van der Waals surface area contributed by atoms with Gasteiger partial charge in [-0.05, 0) is 37.1 Å². The molecule has 1 fully saturated rings. The average Bonchev–Trinajstić information content (AvgIpc) is 3.31. The molecule has 1 aliphatic rings. The number of benzene rings is 1. The van der Waals surface area contributed by atoms with Crippen molar-refractivity contribution in [1.82, 2.24) is 10.0 Å². The highest BCUT2D eigenvalue weighted by molar-refractivity contribution is 7.89. The van der Waals surface area contributed by atoms with Crippen molar-refractivity contribution in [2.75, 3.05) is 13.2 Å². The number of carbonyl (C=O) groups is 1. The van der Waals surface area contributed by atoms with Crippen LogP contribution in [0.3, 0.4) is 0 Å². The molecule has 1 atom stereocenters. The second-order valence-electron chi connectivity index (χ2n) is 6.01. The Kier molecular flexibility index (Phi) is 6.44. The van der Waals surface area contributed by atoms with Crippen LogP contribution in [0.4, 0.5) is 0 Å². The minimum absolute atomic E-state index is 0.0254. The minimum atomic E-state index is -3.98. The first-order valence-corrected chi connectivity index (χ1v) is 10.5. The molecule has 2 aromatic rings. The number of ether oxygens (including phenoxy) is 1. The number of halogens is 2. The highest BCUT2D eigenvalue weighted by Gasteiger charge is 2.24. The molecule has 1 aliphatic heterocycles. The van der Waals surface area contributed by atoms with Crippen molar-refractivity contribution in [3.05, 3.63) is 51.9 Å². The maximum atomic E-state index is 12.6. The molecule has 2 heterocycles. The van der Waals surface area contributed by atoms with E-state index in [0.717, 1.165) is 12.8 Å². The zero-order chi connectivity index (χ0) is 19.4. The molecule has 0 bridgehead atoms. The molecule has 0 aliphatic carbocycles. The highest BCUT2D eigenvalue weighted by atomic mass is 35.5. The van der Waals surface area contributed by atoms with Gasteiger partial charge in [-0.1, -0.05) is 23.2 Å². The third kappa shape index (κ3) is 5.03. The van der Waals surface area contributed by atoms with Gasteiger partial charge in [-0.25, -0.2) is 13.1 Å². The fourth-order valence-electron chi connectivity index (χ4n) is 2.67. The topological polar surface area (TPSA) is 97.6 Å². The van der Waals surface area contributed by atoms with E-state index in [2.05, 4.69) is 10.0 Å². The van der Waals surface area contributed by atoms with Crippen LogP contribution in [-0.2, 0) is 21.3 Å². The van der Waals surface area contributed by atoms with Crippen LogP contribution in [0, 0.1) is 0 Å². The molecular formula is C17H18Cl2N2O5S. The number of carbonyl (C=O) groups excluding carboxylic acids is 1. The molecule has 27 heavy (non-hydrogen) atoms. The lowest BCUT2D eigenvalue weighted by Gasteiger charge is -2.13. The fourth-order valence-corrected chi connectivity index (χ4v) is 4.52. The lowest BCUT2D eigenvalue weighted by Crippen LogP contribution is -2.32. The molecule has 0 spiro atoms. The van der Waals surface area contributed by atoms with Crippen LogP contribution < -0.4 is 10.0 Å². The van der Waals surface area contributed by atoms with Gasteiger partial charge in [0.15, 0.2) is 0 Å². The quantitative estimate of drug-likeness (QED) is 0.700. The van der Waals surface area contributed by atoms with E-state index >= 15 is 0 Å². The van der Waals surface area contributed by atoms with Gasteiger partial charge in [0.1, 0.15) is 10.7 Å². The van der Waals surface area contributed by atoms with Crippen LogP contribution in [-0.4, -0.2) is 33.6 Å². The maximum absolute atomic E-state index is 12.6. The van der Waals surface area contributed by atoms with Crippen LogP contribution >= 0.6 is 23.2 Å². The lowest BCUT2D eigenvalue weighted by atomic mass is 10.2. The summed E-state index contributed by atoms with van der Waals surface area (Å²) in [6, 6.07) is 5.69. The van der Waals surface area contributed by atoms with E-state index in [9.17, 15) is 13.2 Å². The number of hydrogen-bond donors (Lipinski definition) is 2. The third-order valence-corrected chi connectivity index (χ3v) is 6.27. The molecule has 0 saturated carbocycles. The molecule has 1 aromatic carbocycles. The van der Waals surface area contributed by atoms with Gasteiger partial charge in [0.05, 0.1) is 34.5 Å². The summed E-state index contributed by atoms with van der Waals surface area (Å²) in [5.74, 6) is -0.0483. The van der Waals surface area contributed by atoms with Crippen molar-refractivity contribution >= 4 is 39.1 Å². The number of rotatable bonds is 7. The Morgan fingerprint density at radius 1 is 1.26 bits per heavy atom. The van der Waals surface area contributed by atoms with Crippen molar-refractivity contribution in [3.63, 3.8) is 0 Å². The summed E-state index contributed by atoms with van der Waals surface area (Å²) in [5, 5.41) is 2.70. The van der Waals surface area contributed by atoms with Gasteiger partial charge in [0.25, 0.3) is 5.91 Å². The van der Waals surface area contributed by atoms with Crippen molar-refractivity contribution < 1.29 is 22.4 Å². The average molecular weight is 433 g/mol. The maximum Gasteiger partial charge on any atom is 0.252 e. The van der Waals surface area contributed by atoms with E-state index in [4.69, 9.17) is 32.4 Å². The Labute approximate surface area is 167 Å². The van der Waals surface area contributed by atoms with E-state index < -0.39 is 15.9 Å². The van der Waals surface area contributed by atoms with Crippen LogP contribution in [0.5, 0.6) is 0 Å². The van der Waals surface area contributed by atoms with Gasteiger partial charge in [-0.2, -0.15) is 0 Å². The molecule has 1 saturated heterocycles. The summed E-state index contributed by atoms with van der Waals surface area (Å²) in [4.78, 5) is 12.2. The van der Waals surface area contributed by atoms with Crippen LogP contribution in [0.1, 0.15) is 29.0 Å². The largest absolute Gasteiger partial charge is 0.468 e. The summed E-state index contributed by atoms with van der Waals surface area (Å²) in [7, 11) is -3.98. The van der Waals surface area contributed by atoms with E-state index in [0.29, 0.717) is 18.9 Å². The Hall–Kier alpha value is -1.58. The molecule has 0 unspecified atom stereocenters. The molecule has 1 amide bonds. The van der Waals surface area contributed by atoms with Crippen LogP contribution in [0.2, 0.25) is 10.0 Å².